The lowest BCUT2D eigenvalue weighted by molar-refractivity contribution is -0.0328. The minimum Gasteiger partial charge on any atom is -0.323 e. The SMILES string of the molecule is Cc1cccc(NN)c1SC(F)(F)F. The van der Waals surface area contributed by atoms with Crippen LogP contribution in [0.15, 0.2) is 23.1 Å². The number of hydrogen-bond acceptors (Lipinski definition) is 3. The zero-order chi connectivity index (χ0) is 10.8. The summed E-state index contributed by atoms with van der Waals surface area (Å²) in [6, 6.07) is 4.75. The van der Waals surface area contributed by atoms with E-state index < -0.39 is 5.51 Å². The molecular weight excluding hydrogens is 213 g/mol. The summed E-state index contributed by atoms with van der Waals surface area (Å²) in [6.45, 7) is 1.61. The average molecular weight is 222 g/mol. The molecule has 0 atom stereocenters. The Balaban J connectivity index is 3.05. The number of hydrazine groups is 1. The van der Waals surface area contributed by atoms with Crippen molar-refractivity contribution in [2.75, 3.05) is 5.43 Å². The number of rotatable bonds is 2. The fourth-order valence-electron chi connectivity index (χ4n) is 1.02. The number of hydrogen-bond donors (Lipinski definition) is 2. The number of thioether (sulfide) groups is 1. The zero-order valence-corrected chi connectivity index (χ0v) is 8.17. The Kier molecular flexibility index (Phi) is 3.28. The molecule has 2 nitrogen and oxygen atoms in total. The Labute approximate surface area is 83.6 Å². The average Bonchev–Trinajstić information content (AvgIpc) is 2.06. The molecule has 0 aliphatic heterocycles. The van der Waals surface area contributed by atoms with Gasteiger partial charge in [0, 0.05) is 4.90 Å². The largest absolute Gasteiger partial charge is 0.446 e. The molecule has 0 unspecified atom stereocenters. The first kappa shape index (κ1) is 11.2. The third kappa shape index (κ3) is 2.81. The molecule has 0 heterocycles. The smallest absolute Gasteiger partial charge is 0.323 e. The van der Waals surface area contributed by atoms with E-state index in [2.05, 4.69) is 5.43 Å². The van der Waals surface area contributed by atoms with E-state index in [0.29, 0.717) is 5.56 Å². The molecule has 0 aliphatic rings. The lowest BCUT2D eigenvalue weighted by Gasteiger charge is -2.12. The highest BCUT2D eigenvalue weighted by atomic mass is 32.2. The molecule has 78 valence electrons. The van der Waals surface area contributed by atoms with Crippen molar-refractivity contribution in [2.24, 2.45) is 5.84 Å². The van der Waals surface area contributed by atoms with Gasteiger partial charge in [0.1, 0.15) is 0 Å². The van der Waals surface area contributed by atoms with Crippen molar-refractivity contribution in [3.8, 4) is 0 Å². The molecule has 0 aliphatic carbocycles. The summed E-state index contributed by atoms with van der Waals surface area (Å²) in [5.41, 5.74) is -1.23. The van der Waals surface area contributed by atoms with Gasteiger partial charge in [-0.3, -0.25) is 5.84 Å². The number of nitrogen functional groups attached to an aromatic ring is 1. The van der Waals surface area contributed by atoms with Crippen molar-refractivity contribution >= 4 is 17.4 Å². The number of halogens is 3. The molecule has 6 heteroatoms. The highest BCUT2D eigenvalue weighted by molar-refractivity contribution is 8.00. The predicted octanol–water partition coefficient (Wildman–Crippen LogP) is 2.89. The summed E-state index contributed by atoms with van der Waals surface area (Å²) >= 11 is -0.164. The van der Waals surface area contributed by atoms with Crippen molar-refractivity contribution in [3.05, 3.63) is 23.8 Å². The van der Waals surface area contributed by atoms with Crippen LogP contribution in [0, 0.1) is 6.92 Å². The molecule has 0 saturated heterocycles. The normalized spacial score (nSPS) is 11.5. The van der Waals surface area contributed by atoms with E-state index in [-0.39, 0.29) is 22.3 Å². The van der Waals surface area contributed by atoms with Gasteiger partial charge < -0.3 is 5.43 Å². The number of alkyl halides is 3. The predicted molar refractivity (Wildman–Crippen MR) is 50.9 cm³/mol. The second-order valence-electron chi connectivity index (χ2n) is 2.64. The standard InChI is InChI=1S/C8H9F3N2S/c1-5-3-2-4-6(13-12)7(5)14-8(9,10)11/h2-4,13H,12H2,1H3. The van der Waals surface area contributed by atoms with Crippen LogP contribution in [0.25, 0.3) is 0 Å². The zero-order valence-electron chi connectivity index (χ0n) is 7.35. The minimum absolute atomic E-state index is 0.113. The Morgan fingerprint density at radius 1 is 1.36 bits per heavy atom. The van der Waals surface area contributed by atoms with Crippen LogP contribution in [0.3, 0.4) is 0 Å². The van der Waals surface area contributed by atoms with E-state index in [1.54, 1.807) is 19.1 Å². The van der Waals surface area contributed by atoms with Crippen molar-refractivity contribution < 1.29 is 13.2 Å². The number of anilines is 1. The fourth-order valence-corrected chi connectivity index (χ4v) is 1.71. The Morgan fingerprint density at radius 2 is 2.00 bits per heavy atom. The Morgan fingerprint density at radius 3 is 2.50 bits per heavy atom. The molecule has 3 N–H and O–H groups in total. The highest BCUT2D eigenvalue weighted by Crippen LogP contribution is 2.41. The molecule has 1 aromatic rings. The summed E-state index contributed by atoms with van der Waals surface area (Å²) in [4.78, 5) is 0.113. The second-order valence-corrected chi connectivity index (χ2v) is 3.72. The second kappa shape index (κ2) is 4.10. The van der Waals surface area contributed by atoms with Crippen molar-refractivity contribution in [2.45, 2.75) is 17.3 Å². The van der Waals surface area contributed by atoms with E-state index in [0.717, 1.165) is 0 Å². The van der Waals surface area contributed by atoms with Gasteiger partial charge in [-0.25, -0.2) is 0 Å². The van der Waals surface area contributed by atoms with Crippen LogP contribution in [-0.2, 0) is 0 Å². The fraction of sp³-hybridized carbons (Fsp3) is 0.250. The van der Waals surface area contributed by atoms with Crippen molar-refractivity contribution in [1.82, 2.24) is 0 Å². The maximum absolute atomic E-state index is 12.1. The molecule has 1 aromatic carbocycles. The molecule has 0 spiro atoms. The number of benzene rings is 1. The van der Waals surface area contributed by atoms with Crippen LogP contribution in [0.1, 0.15) is 5.56 Å². The third-order valence-electron chi connectivity index (χ3n) is 1.59. The van der Waals surface area contributed by atoms with Crippen LogP contribution in [0.2, 0.25) is 0 Å². The highest BCUT2D eigenvalue weighted by Gasteiger charge is 2.31. The van der Waals surface area contributed by atoms with Gasteiger partial charge in [0.25, 0.3) is 0 Å². The molecule has 0 bridgehead atoms. The number of nitrogens with one attached hydrogen (secondary N) is 1. The molecular formula is C8H9F3N2S. The van der Waals surface area contributed by atoms with Gasteiger partial charge in [-0.2, -0.15) is 13.2 Å². The maximum atomic E-state index is 12.1. The van der Waals surface area contributed by atoms with Gasteiger partial charge in [-0.1, -0.05) is 12.1 Å². The van der Waals surface area contributed by atoms with Crippen LogP contribution in [0.4, 0.5) is 18.9 Å². The maximum Gasteiger partial charge on any atom is 0.446 e. The Bertz CT molecular complexity index is 325. The number of nitrogens with two attached hydrogens (primary N) is 1. The summed E-state index contributed by atoms with van der Waals surface area (Å²) in [7, 11) is 0. The van der Waals surface area contributed by atoms with Crippen LogP contribution in [-0.4, -0.2) is 5.51 Å². The van der Waals surface area contributed by atoms with Crippen molar-refractivity contribution in [3.63, 3.8) is 0 Å². The molecule has 0 fully saturated rings. The molecule has 1 rings (SSSR count). The minimum atomic E-state index is -4.29. The van der Waals surface area contributed by atoms with Gasteiger partial charge in [0.15, 0.2) is 0 Å². The topological polar surface area (TPSA) is 38.0 Å². The molecule has 0 saturated carbocycles. The van der Waals surface area contributed by atoms with Crippen LogP contribution >= 0.6 is 11.8 Å². The van der Waals surface area contributed by atoms with Gasteiger partial charge in [0.05, 0.1) is 5.69 Å². The summed E-state index contributed by atoms with van der Waals surface area (Å²) in [6.07, 6.45) is 0. The molecule has 0 amide bonds. The summed E-state index contributed by atoms with van der Waals surface area (Å²) in [5.74, 6) is 5.11. The molecule has 0 aromatic heterocycles. The Hall–Kier alpha value is -0.880. The van der Waals surface area contributed by atoms with Gasteiger partial charge in [-0.05, 0) is 30.3 Å². The first-order chi connectivity index (χ1) is 6.44. The quantitative estimate of drug-likeness (QED) is 0.459. The van der Waals surface area contributed by atoms with Gasteiger partial charge in [0.2, 0.25) is 0 Å². The summed E-state index contributed by atoms with van der Waals surface area (Å²) in [5, 5.41) is 0. The lowest BCUT2D eigenvalue weighted by atomic mass is 10.2. The summed E-state index contributed by atoms with van der Waals surface area (Å²) < 4.78 is 36.4. The third-order valence-corrected chi connectivity index (χ3v) is 2.56. The monoisotopic (exact) mass is 222 g/mol. The van der Waals surface area contributed by atoms with E-state index in [4.69, 9.17) is 5.84 Å². The van der Waals surface area contributed by atoms with E-state index in [9.17, 15) is 13.2 Å². The molecule has 0 radical (unpaired) electrons. The van der Waals surface area contributed by atoms with Gasteiger partial charge >= 0.3 is 5.51 Å². The van der Waals surface area contributed by atoms with E-state index in [1.165, 1.54) is 6.07 Å². The molecule has 14 heavy (non-hydrogen) atoms. The first-order valence-electron chi connectivity index (χ1n) is 3.76. The number of aryl methyl sites for hydroxylation is 1. The van der Waals surface area contributed by atoms with Crippen LogP contribution in [0.5, 0.6) is 0 Å². The van der Waals surface area contributed by atoms with Crippen molar-refractivity contribution in [1.29, 1.82) is 0 Å². The van der Waals surface area contributed by atoms with E-state index in [1.807, 2.05) is 0 Å². The van der Waals surface area contributed by atoms with Crippen LogP contribution < -0.4 is 11.3 Å². The van der Waals surface area contributed by atoms with E-state index >= 15 is 0 Å². The van der Waals surface area contributed by atoms with Gasteiger partial charge in [-0.15, -0.1) is 0 Å². The lowest BCUT2D eigenvalue weighted by Crippen LogP contribution is -2.10. The first-order valence-corrected chi connectivity index (χ1v) is 4.57.